The molecule has 6 amide bonds. The molecule has 0 saturated heterocycles. The topological polar surface area (TPSA) is 341 Å². The molecule has 0 fully saturated rings. The van der Waals surface area contributed by atoms with E-state index in [2.05, 4.69) is 38.5 Å². The fourth-order valence-electron chi connectivity index (χ4n) is 4.44. The summed E-state index contributed by atoms with van der Waals surface area (Å²) in [6, 6.07) is -9.08. The quantitative estimate of drug-likeness (QED) is 0.0290. The number of nitrogens with one attached hydrogen (secondary N) is 6. The van der Waals surface area contributed by atoms with Crippen molar-refractivity contribution in [3.8, 4) is 0 Å². The van der Waals surface area contributed by atoms with E-state index in [9.17, 15) is 63.0 Å². The Hall–Kier alpha value is -5.54. The van der Waals surface area contributed by atoms with Crippen LogP contribution in [0.4, 0.5) is 0 Å². The first-order valence-electron chi connectivity index (χ1n) is 16.1. The van der Waals surface area contributed by atoms with Gasteiger partial charge in [-0.15, -0.1) is 6.58 Å². The van der Waals surface area contributed by atoms with Crippen LogP contribution in [0.1, 0.15) is 64.7 Å². The number of amides is 6. The van der Waals surface area contributed by atoms with Crippen molar-refractivity contribution in [2.75, 3.05) is 12.0 Å². The van der Waals surface area contributed by atoms with Crippen LogP contribution in [0.2, 0.25) is 0 Å². The molecule has 22 heteroatoms. The smallest absolute Gasteiger partial charge is 0.305 e. The molecule has 0 aliphatic heterocycles. The molecule has 0 heterocycles. The lowest BCUT2D eigenvalue weighted by atomic mass is 10.1. The molecule has 10 N–H and O–H groups in total. The highest BCUT2D eigenvalue weighted by Gasteiger charge is 2.33. The number of hydrogen-bond acceptors (Lipinski definition) is 12. The fourth-order valence-corrected chi connectivity index (χ4v) is 4.92. The molecular weight excluding hydrogens is 728 g/mol. The Balaban J connectivity index is 6.36. The van der Waals surface area contributed by atoms with Crippen LogP contribution in [0.15, 0.2) is 12.7 Å². The molecule has 1 unspecified atom stereocenters. The number of hydrogen-bond donors (Lipinski definition) is 10. The standard InChI is InChI=1S/C31H46N6O15S/c1-4-5-17(15-38)33-27(48)18(6-9-23(40)41)34-28(49)19(7-10-24(42)43)35-30(51)21(12-13-53-3)37-29(50)20(8-11-25(44)45)36-31(52)22(14-26(46)47)32-16(2)39/h4,15,17-22H,1,5-14H2,2-3H3,(H,32,39)(H,33,48)(H,34,49)(H,35,51)(H,36,52)(H,37,50)(H,40,41)(H,42,43)(H,44,45)(H,46,47)/t17?,18-,19-,20-,21-,22-/m0/s1. The van der Waals surface area contributed by atoms with Gasteiger partial charge in [0.2, 0.25) is 35.4 Å². The first kappa shape index (κ1) is 47.5. The zero-order chi connectivity index (χ0) is 40.7. The molecule has 296 valence electrons. The molecule has 0 aliphatic carbocycles. The van der Waals surface area contributed by atoms with E-state index < -0.39 is 141 Å². The average Bonchev–Trinajstić information content (AvgIpc) is 3.06. The lowest BCUT2D eigenvalue weighted by Crippen LogP contribution is -2.59. The normalized spacial score (nSPS) is 13.9. The number of carboxylic acid groups (broad SMARTS) is 4. The predicted octanol–water partition coefficient (Wildman–Crippen LogP) is -2.49. The molecule has 0 spiro atoms. The minimum Gasteiger partial charge on any atom is -0.481 e. The van der Waals surface area contributed by atoms with Gasteiger partial charge in [0.15, 0.2) is 0 Å². The number of rotatable bonds is 28. The van der Waals surface area contributed by atoms with Crippen LogP contribution >= 0.6 is 11.8 Å². The Bertz CT molecular complexity index is 1360. The van der Waals surface area contributed by atoms with Gasteiger partial charge in [-0.1, -0.05) is 6.08 Å². The van der Waals surface area contributed by atoms with Gasteiger partial charge in [-0.25, -0.2) is 0 Å². The van der Waals surface area contributed by atoms with Crippen LogP contribution < -0.4 is 31.9 Å². The van der Waals surface area contributed by atoms with E-state index in [-0.39, 0.29) is 18.6 Å². The SMILES string of the molecule is C=CCC(C=O)NC(=O)[C@H](CCC(=O)O)NC(=O)[C@H](CCC(=O)O)NC(=O)[C@H](CCSC)NC(=O)[C@H](CCC(=O)O)NC(=O)[C@H](CC(=O)O)NC(C)=O. The monoisotopic (exact) mass is 774 g/mol. The van der Waals surface area contributed by atoms with Crippen LogP contribution in [0.5, 0.6) is 0 Å². The largest absolute Gasteiger partial charge is 0.481 e. The summed E-state index contributed by atoms with van der Waals surface area (Å²) in [6.45, 7) is 4.47. The van der Waals surface area contributed by atoms with E-state index >= 15 is 0 Å². The van der Waals surface area contributed by atoms with Crippen LogP contribution in [0.25, 0.3) is 0 Å². The molecular formula is C31H46N6O15S. The van der Waals surface area contributed by atoms with E-state index in [0.29, 0.717) is 6.29 Å². The van der Waals surface area contributed by atoms with Gasteiger partial charge in [0.05, 0.1) is 12.5 Å². The van der Waals surface area contributed by atoms with Crippen molar-refractivity contribution in [1.29, 1.82) is 0 Å². The molecule has 0 aromatic heterocycles. The van der Waals surface area contributed by atoms with Crippen molar-refractivity contribution < 1.29 is 73.2 Å². The van der Waals surface area contributed by atoms with Crippen LogP contribution in [0, 0.1) is 0 Å². The minimum atomic E-state index is -1.67. The summed E-state index contributed by atoms with van der Waals surface area (Å²) in [6.07, 6.45) is -1.09. The van der Waals surface area contributed by atoms with Gasteiger partial charge in [0, 0.05) is 26.2 Å². The lowest BCUT2D eigenvalue weighted by Gasteiger charge is -2.27. The second-order valence-electron chi connectivity index (χ2n) is 11.4. The van der Waals surface area contributed by atoms with Crippen molar-refractivity contribution in [2.45, 2.75) is 101 Å². The molecule has 0 bridgehead atoms. The summed E-state index contributed by atoms with van der Waals surface area (Å²) >= 11 is 1.24. The van der Waals surface area contributed by atoms with Gasteiger partial charge >= 0.3 is 23.9 Å². The highest BCUT2D eigenvalue weighted by atomic mass is 32.2. The number of thioether (sulfide) groups is 1. The average molecular weight is 775 g/mol. The summed E-state index contributed by atoms with van der Waals surface area (Å²) in [5.41, 5.74) is 0. The Morgan fingerprint density at radius 3 is 1.23 bits per heavy atom. The molecule has 0 aromatic carbocycles. The fraction of sp³-hybridized carbons (Fsp3) is 0.581. The zero-order valence-corrected chi connectivity index (χ0v) is 29.9. The second kappa shape index (κ2) is 25.4. The van der Waals surface area contributed by atoms with Gasteiger partial charge in [-0.05, 0) is 44.1 Å². The molecule has 0 saturated carbocycles. The van der Waals surface area contributed by atoms with Crippen molar-refractivity contribution in [3.05, 3.63) is 12.7 Å². The molecule has 53 heavy (non-hydrogen) atoms. The number of carbonyl (C=O) groups is 11. The second-order valence-corrected chi connectivity index (χ2v) is 12.4. The summed E-state index contributed by atoms with van der Waals surface area (Å²) < 4.78 is 0. The van der Waals surface area contributed by atoms with E-state index in [0.717, 1.165) is 6.92 Å². The third-order valence-electron chi connectivity index (χ3n) is 7.07. The predicted molar refractivity (Wildman–Crippen MR) is 184 cm³/mol. The third-order valence-corrected chi connectivity index (χ3v) is 7.71. The van der Waals surface area contributed by atoms with E-state index in [1.54, 1.807) is 6.26 Å². The van der Waals surface area contributed by atoms with E-state index in [4.69, 9.17) is 10.2 Å². The molecule has 21 nitrogen and oxygen atoms in total. The van der Waals surface area contributed by atoms with Crippen molar-refractivity contribution in [3.63, 3.8) is 0 Å². The maximum absolute atomic E-state index is 13.5. The first-order chi connectivity index (χ1) is 24.8. The summed E-state index contributed by atoms with van der Waals surface area (Å²) in [7, 11) is 0. The number of aliphatic carboxylic acids is 4. The minimum absolute atomic E-state index is 0.00828. The summed E-state index contributed by atoms with van der Waals surface area (Å²) in [5.74, 6) is -11.5. The molecule has 0 aliphatic rings. The van der Waals surface area contributed by atoms with Crippen molar-refractivity contribution in [1.82, 2.24) is 31.9 Å². The van der Waals surface area contributed by atoms with Gasteiger partial charge in [0.1, 0.15) is 36.5 Å². The highest BCUT2D eigenvalue weighted by Crippen LogP contribution is 2.09. The van der Waals surface area contributed by atoms with Crippen LogP contribution in [0.3, 0.4) is 0 Å². The highest BCUT2D eigenvalue weighted by molar-refractivity contribution is 7.98. The van der Waals surface area contributed by atoms with E-state index in [1.165, 1.54) is 17.8 Å². The van der Waals surface area contributed by atoms with E-state index in [1.807, 2.05) is 0 Å². The van der Waals surface area contributed by atoms with Gasteiger partial charge in [-0.2, -0.15) is 11.8 Å². The lowest BCUT2D eigenvalue weighted by molar-refractivity contribution is -0.141. The molecule has 6 atom stereocenters. The summed E-state index contributed by atoms with van der Waals surface area (Å²) in [4.78, 5) is 134. The Morgan fingerprint density at radius 1 is 0.566 bits per heavy atom. The molecule has 0 radical (unpaired) electrons. The third kappa shape index (κ3) is 20.8. The maximum atomic E-state index is 13.5. The Labute approximate surface area is 307 Å². The van der Waals surface area contributed by atoms with Crippen molar-refractivity contribution >= 4 is 77.4 Å². The molecule has 0 rings (SSSR count). The van der Waals surface area contributed by atoms with Gasteiger partial charge < -0.3 is 57.1 Å². The first-order valence-corrected chi connectivity index (χ1v) is 17.5. The van der Waals surface area contributed by atoms with Gasteiger partial charge in [0.25, 0.3) is 0 Å². The van der Waals surface area contributed by atoms with Gasteiger partial charge in [-0.3, -0.25) is 47.9 Å². The Morgan fingerprint density at radius 2 is 0.925 bits per heavy atom. The Kier molecular flexibility index (Phi) is 22.8. The van der Waals surface area contributed by atoms with Crippen LogP contribution in [-0.2, 0) is 52.7 Å². The number of carboxylic acids is 4. The van der Waals surface area contributed by atoms with Crippen molar-refractivity contribution in [2.24, 2.45) is 0 Å². The summed E-state index contributed by atoms with van der Waals surface area (Å²) in [5, 5.41) is 50.3. The molecule has 0 aromatic rings. The van der Waals surface area contributed by atoms with Crippen LogP contribution in [-0.4, -0.2) is 134 Å². The maximum Gasteiger partial charge on any atom is 0.305 e. The number of carbonyl (C=O) groups excluding carboxylic acids is 7. The zero-order valence-electron chi connectivity index (χ0n) is 29.1. The number of aldehydes is 1.